The van der Waals surface area contributed by atoms with Gasteiger partial charge < -0.3 is 0 Å². The van der Waals surface area contributed by atoms with Gasteiger partial charge in [0.05, 0.1) is 10.8 Å². The van der Waals surface area contributed by atoms with E-state index in [1.54, 1.807) is 0 Å². The van der Waals surface area contributed by atoms with Gasteiger partial charge in [0.1, 0.15) is 0 Å². The van der Waals surface area contributed by atoms with Crippen LogP contribution in [-0.4, -0.2) is 3.67 Å². The van der Waals surface area contributed by atoms with Crippen molar-refractivity contribution in [1.29, 1.82) is 0 Å². The van der Waals surface area contributed by atoms with E-state index in [-0.39, 0.29) is 0 Å². The van der Waals surface area contributed by atoms with E-state index in [4.69, 9.17) is 23.2 Å². The highest BCUT2D eigenvalue weighted by atomic mass is 35.5. The lowest BCUT2D eigenvalue weighted by Gasteiger charge is -1.89. The Labute approximate surface area is 59.1 Å². The summed E-state index contributed by atoms with van der Waals surface area (Å²) >= 11 is 10.9. The fourth-order valence-electron chi connectivity index (χ4n) is 0.156. The summed E-state index contributed by atoms with van der Waals surface area (Å²) in [5, 5.41) is 0. The molecule has 0 amide bonds. The van der Waals surface area contributed by atoms with Crippen molar-refractivity contribution in [2.75, 3.05) is 0 Å². The highest BCUT2D eigenvalue weighted by molar-refractivity contribution is 8.79. The molecule has 1 nitrogen and oxygen atoms in total. The van der Waals surface area contributed by atoms with Crippen molar-refractivity contribution in [3.8, 4) is 6.07 Å². The molecule has 38 valence electrons. The molecule has 0 saturated carbocycles. The van der Waals surface area contributed by atoms with E-state index >= 15 is 0 Å². The summed E-state index contributed by atoms with van der Waals surface area (Å²) in [5.41, 5.74) is 0. The second-order valence-electron chi connectivity index (χ2n) is 0.878. The van der Waals surface area contributed by atoms with Crippen LogP contribution in [0.5, 0.6) is 0 Å². The Kier molecular flexibility index (Phi) is 1.64. The number of rotatable bonds is 0. The van der Waals surface area contributed by atoms with Crippen molar-refractivity contribution in [3.05, 3.63) is 4.25 Å². The van der Waals surface area contributed by atoms with E-state index in [1.807, 2.05) is 0 Å². The molecule has 5 heteroatoms. The first-order valence-electron chi connectivity index (χ1n) is 1.40. The largest absolute Gasteiger partial charge is 0.388 e. The smallest absolute Gasteiger partial charge is 0.0673 e. The molecule has 0 radical (unpaired) electrons. The average molecular weight is 173 g/mol. The third-order valence-electron chi connectivity index (χ3n) is 0.355. The molecular weight excluding hydrogens is 173 g/mol. The highest BCUT2D eigenvalue weighted by Crippen LogP contribution is 2.47. The van der Waals surface area contributed by atoms with Gasteiger partial charge in [-0.3, -0.25) is 0 Å². The molecule has 1 rings (SSSR count). The molecule has 0 aromatic carbocycles. The number of alkyl halides is 2. The van der Waals surface area contributed by atoms with E-state index in [2.05, 4.69) is 10.3 Å². The van der Waals surface area contributed by atoms with Gasteiger partial charge in [-0.25, -0.2) is 0 Å². The zero-order valence-electron chi connectivity index (χ0n) is 3.02. The number of hydrogen-bond donors (Lipinski definition) is 0. The monoisotopic (exact) mass is 172 g/mol. The van der Waals surface area contributed by atoms with E-state index < -0.39 is 3.67 Å². The molecule has 7 heavy (non-hydrogen) atoms. The fraction of sp³-hybridized carbons (Fsp3) is 0.500. The van der Waals surface area contributed by atoms with Crippen LogP contribution >= 0.6 is 45.0 Å². The minimum atomic E-state index is -0.898. The maximum absolute atomic E-state index is 5.47. The minimum Gasteiger partial charge on any atom is -0.0673 e. The fourth-order valence-corrected chi connectivity index (χ4v) is 1.91. The summed E-state index contributed by atoms with van der Waals surface area (Å²) in [7, 11) is 2.52. The van der Waals surface area contributed by atoms with Crippen LogP contribution in [0.25, 0.3) is 4.25 Å². The quantitative estimate of drug-likeness (QED) is 0.315. The van der Waals surface area contributed by atoms with Crippen LogP contribution in [0.4, 0.5) is 0 Å². The normalized spacial score (nSPS) is 23.7. The first-order valence-corrected chi connectivity index (χ1v) is 4.27. The molecule has 0 aromatic rings. The predicted octanol–water partition coefficient (Wildman–Crippen LogP) is 2.76. The number of halogens is 2. The summed E-state index contributed by atoms with van der Waals surface area (Å²) in [4.78, 5) is 0. The number of nitrogens with zero attached hydrogens (tertiary/aromatic N) is 1. The lowest BCUT2D eigenvalue weighted by molar-refractivity contribution is 1.61. The Morgan fingerprint density at radius 1 is 1.57 bits per heavy atom. The summed E-state index contributed by atoms with van der Waals surface area (Å²) in [6.07, 6.45) is 0. The maximum atomic E-state index is 5.47. The van der Waals surface area contributed by atoms with Crippen molar-refractivity contribution in [1.82, 2.24) is 0 Å². The maximum Gasteiger partial charge on any atom is 0.388 e. The topological polar surface area (TPSA) is 4.36 Å². The molecular formula is C2Cl2NS2+. The Morgan fingerprint density at radius 3 is 2.43 bits per heavy atom. The Hall–Kier alpha value is 0.770. The zero-order chi connectivity index (χ0) is 5.33. The molecule has 1 aliphatic rings. The molecule has 0 aliphatic carbocycles. The third kappa shape index (κ3) is 1.61. The molecule has 0 aromatic heterocycles. The van der Waals surface area contributed by atoms with Gasteiger partial charge in [-0.05, 0) is 0 Å². The van der Waals surface area contributed by atoms with E-state index in [0.29, 0.717) is 0 Å². The molecule has 1 heterocycles. The van der Waals surface area contributed by atoms with Crippen molar-refractivity contribution < 1.29 is 0 Å². The zero-order valence-corrected chi connectivity index (χ0v) is 6.16. The lowest BCUT2D eigenvalue weighted by atomic mass is 10.9. The van der Waals surface area contributed by atoms with Gasteiger partial charge in [0.25, 0.3) is 0 Å². The first kappa shape index (κ1) is 5.90. The predicted molar refractivity (Wildman–Crippen MR) is 36.9 cm³/mol. The van der Waals surface area contributed by atoms with Crippen LogP contribution in [0.2, 0.25) is 0 Å². The van der Waals surface area contributed by atoms with Crippen molar-refractivity contribution in [3.63, 3.8) is 0 Å². The third-order valence-corrected chi connectivity index (χ3v) is 3.27. The van der Waals surface area contributed by atoms with E-state index in [0.717, 1.165) is 0 Å². The summed E-state index contributed by atoms with van der Waals surface area (Å²) < 4.78 is 2.70. The molecule has 0 atom stereocenters. The SMILES string of the molecule is ClC1(Cl)C#[N+]SS1. The minimum absolute atomic E-state index is 0.898. The first-order chi connectivity index (χ1) is 3.21. The lowest BCUT2D eigenvalue weighted by Crippen LogP contribution is -1.94. The molecule has 0 unspecified atom stereocenters. The summed E-state index contributed by atoms with van der Waals surface area (Å²) in [6.45, 7) is 0. The van der Waals surface area contributed by atoms with Gasteiger partial charge in [-0.1, -0.05) is 23.2 Å². The van der Waals surface area contributed by atoms with E-state index in [9.17, 15) is 0 Å². The Balaban J connectivity index is 2.64. The van der Waals surface area contributed by atoms with Crippen LogP contribution < -0.4 is 0 Å². The second kappa shape index (κ2) is 1.94. The van der Waals surface area contributed by atoms with Gasteiger partial charge >= 0.3 is 20.7 Å². The van der Waals surface area contributed by atoms with Crippen LogP contribution in [0, 0.1) is 6.07 Å². The van der Waals surface area contributed by atoms with Gasteiger partial charge in [0.15, 0.2) is 0 Å². The van der Waals surface area contributed by atoms with Gasteiger partial charge in [-0.2, -0.15) is 0 Å². The van der Waals surface area contributed by atoms with Crippen LogP contribution in [0.1, 0.15) is 0 Å². The molecule has 1 aliphatic heterocycles. The van der Waals surface area contributed by atoms with Crippen molar-refractivity contribution in [2.24, 2.45) is 0 Å². The number of hydrogen-bond acceptors (Lipinski definition) is 2. The Bertz CT molecular complexity index is 134. The van der Waals surface area contributed by atoms with Gasteiger partial charge in [0, 0.05) is 4.25 Å². The molecule has 0 fully saturated rings. The van der Waals surface area contributed by atoms with Gasteiger partial charge in [0.2, 0.25) is 0 Å². The summed E-state index contributed by atoms with van der Waals surface area (Å²) in [6, 6.07) is 2.48. The average Bonchev–Trinajstić information content (AvgIpc) is 1.84. The van der Waals surface area contributed by atoms with Crippen LogP contribution in [0.3, 0.4) is 0 Å². The van der Waals surface area contributed by atoms with Crippen molar-refractivity contribution >= 4 is 45.0 Å². The molecule has 0 saturated heterocycles. The molecule has 0 spiro atoms. The Morgan fingerprint density at radius 2 is 2.29 bits per heavy atom. The van der Waals surface area contributed by atoms with E-state index in [1.165, 1.54) is 21.8 Å². The molecule has 0 bridgehead atoms. The van der Waals surface area contributed by atoms with Gasteiger partial charge in [-0.15, -0.1) is 0 Å². The van der Waals surface area contributed by atoms with Crippen molar-refractivity contribution in [2.45, 2.75) is 3.67 Å². The van der Waals surface area contributed by atoms with Crippen LogP contribution in [-0.2, 0) is 0 Å². The van der Waals surface area contributed by atoms with Crippen LogP contribution in [0.15, 0.2) is 0 Å². The highest BCUT2D eigenvalue weighted by Gasteiger charge is 2.38. The standard InChI is InChI=1S/C2Cl2NS2/c3-2(4)1-5-7-6-2/q+1. The molecule has 0 N–H and O–H groups in total. The second-order valence-corrected chi connectivity index (χ2v) is 4.71. The summed E-state index contributed by atoms with van der Waals surface area (Å²) in [5.74, 6) is 0.